The van der Waals surface area contributed by atoms with E-state index >= 15 is 0 Å². The van der Waals surface area contributed by atoms with Crippen molar-refractivity contribution in [2.24, 2.45) is 5.41 Å². The van der Waals surface area contributed by atoms with Gasteiger partial charge < -0.3 is 4.74 Å². The molecule has 0 saturated carbocycles. The van der Waals surface area contributed by atoms with Gasteiger partial charge >= 0.3 is 5.97 Å². The zero-order valence-electron chi connectivity index (χ0n) is 10.7. The second-order valence-electron chi connectivity index (χ2n) is 4.81. The lowest BCUT2D eigenvalue weighted by Crippen LogP contribution is -2.08. The van der Waals surface area contributed by atoms with Crippen molar-refractivity contribution in [1.82, 2.24) is 0 Å². The monoisotopic (exact) mass is 252 g/mol. The number of rotatable bonds is 1. The van der Waals surface area contributed by atoms with Gasteiger partial charge in [0, 0.05) is 11.0 Å². The van der Waals surface area contributed by atoms with Crippen molar-refractivity contribution in [3.8, 4) is 11.8 Å². The zero-order chi connectivity index (χ0) is 13.9. The van der Waals surface area contributed by atoms with Gasteiger partial charge in [-0.1, -0.05) is 11.8 Å². The summed E-state index contributed by atoms with van der Waals surface area (Å²) >= 11 is 0. The van der Waals surface area contributed by atoms with Crippen LogP contribution in [-0.4, -0.2) is 13.1 Å². The van der Waals surface area contributed by atoms with E-state index < -0.39 is 23.2 Å². The van der Waals surface area contributed by atoms with Crippen LogP contribution in [0.4, 0.5) is 8.78 Å². The third-order valence-corrected chi connectivity index (χ3v) is 2.01. The third kappa shape index (κ3) is 3.56. The van der Waals surface area contributed by atoms with E-state index in [1.54, 1.807) is 0 Å². The van der Waals surface area contributed by atoms with Crippen molar-refractivity contribution in [3.63, 3.8) is 0 Å². The molecule has 0 spiro atoms. The summed E-state index contributed by atoms with van der Waals surface area (Å²) in [5.74, 6) is 2.54. The molecule has 0 N–H and O–H groups in total. The largest absolute Gasteiger partial charge is 0.465 e. The standard InChI is InChI=1S/C14H14F2O2/c1-14(2,3)6-5-9-7-10(15)12(11(16)8-9)13(17)18-4/h7-8H,1-4H3. The topological polar surface area (TPSA) is 26.3 Å². The minimum absolute atomic E-state index is 0.188. The van der Waals surface area contributed by atoms with Gasteiger partial charge in [-0.25, -0.2) is 13.6 Å². The minimum Gasteiger partial charge on any atom is -0.465 e. The minimum atomic E-state index is -1.04. The van der Waals surface area contributed by atoms with Crippen LogP contribution in [0, 0.1) is 28.9 Å². The van der Waals surface area contributed by atoms with E-state index in [4.69, 9.17) is 0 Å². The molecule has 0 unspecified atom stereocenters. The molecule has 0 saturated heterocycles. The molecule has 0 bridgehead atoms. The summed E-state index contributed by atoms with van der Waals surface area (Å²) in [6.45, 7) is 5.65. The highest BCUT2D eigenvalue weighted by molar-refractivity contribution is 5.90. The highest BCUT2D eigenvalue weighted by Crippen LogP contribution is 2.17. The number of esters is 1. The van der Waals surface area contributed by atoms with Crippen LogP contribution in [0.2, 0.25) is 0 Å². The second kappa shape index (κ2) is 5.18. The van der Waals surface area contributed by atoms with Crippen LogP contribution in [0.25, 0.3) is 0 Å². The fourth-order valence-corrected chi connectivity index (χ4v) is 1.20. The zero-order valence-corrected chi connectivity index (χ0v) is 10.7. The predicted octanol–water partition coefficient (Wildman–Crippen LogP) is 3.15. The van der Waals surface area contributed by atoms with Crippen molar-refractivity contribution in [1.29, 1.82) is 0 Å². The van der Waals surface area contributed by atoms with Gasteiger partial charge in [0.15, 0.2) is 0 Å². The van der Waals surface area contributed by atoms with E-state index in [1.165, 1.54) is 0 Å². The Hall–Kier alpha value is -1.89. The Labute approximate surface area is 105 Å². The predicted molar refractivity (Wildman–Crippen MR) is 64.0 cm³/mol. The van der Waals surface area contributed by atoms with Crippen LogP contribution in [0.15, 0.2) is 12.1 Å². The van der Waals surface area contributed by atoms with Gasteiger partial charge in [-0.2, -0.15) is 0 Å². The Morgan fingerprint density at radius 1 is 1.22 bits per heavy atom. The molecule has 1 aromatic carbocycles. The van der Waals surface area contributed by atoms with Gasteiger partial charge in [-0.05, 0) is 32.9 Å². The number of hydrogen-bond acceptors (Lipinski definition) is 2. The van der Waals surface area contributed by atoms with Crippen LogP contribution < -0.4 is 0 Å². The molecule has 96 valence electrons. The van der Waals surface area contributed by atoms with Gasteiger partial charge in [0.25, 0.3) is 0 Å². The molecule has 2 nitrogen and oxygen atoms in total. The fourth-order valence-electron chi connectivity index (χ4n) is 1.20. The maximum absolute atomic E-state index is 13.6. The quantitative estimate of drug-likeness (QED) is 0.567. The first kappa shape index (κ1) is 14.2. The SMILES string of the molecule is COC(=O)c1c(F)cc(C#CC(C)(C)C)cc1F. The van der Waals surface area contributed by atoms with Gasteiger partial charge in [-0.3, -0.25) is 0 Å². The van der Waals surface area contributed by atoms with Crippen LogP contribution >= 0.6 is 0 Å². The maximum Gasteiger partial charge on any atom is 0.343 e. The molecule has 0 radical (unpaired) electrons. The molecular formula is C14H14F2O2. The lowest BCUT2D eigenvalue weighted by molar-refractivity contribution is 0.0590. The van der Waals surface area contributed by atoms with Gasteiger partial charge in [0.05, 0.1) is 7.11 Å². The number of hydrogen-bond donors (Lipinski definition) is 0. The number of carbonyl (C=O) groups is 1. The van der Waals surface area contributed by atoms with Gasteiger partial charge in [0.2, 0.25) is 0 Å². The lowest BCUT2D eigenvalue weighted by atomic mass is 9.97. The van der Waals surface area contributed by atoms with Crippen molar-refractivity contribution in [3.05, 3.63) is 34.9 Å². The summed E-state index contributed by atoms with van der Waals surface area (Å²) in [6.07, 6.45) is 0. The number of carbonyl (C=O) groups excluding carboxylic acids is 1. The molecule has 1 aromatic rings. The molecule has 1 rings (SSSR count). The highest BCUT2D eigenvalue weighted by Gasteiger charge is 2.18. The summed E-state index contributed by atoms with van der Waals surface area (Å²) in [7, 11) is 1.06. The lowest BCUT2D eigenvalue weighted by Gasteiger charge is -2.07. The average molecular weight is 252 g/mol. The first-order chi connectivity index (χ1) is 8.24. The number of ether oxygens (including phenoxy) is 1. The smallest absolute Gasteiger partial charge is 0.343 e. The van der Waals surface area contributed by atoms with E-state index in [9.17, 15) is 13.6 Å². The van der Waals surface area contributed by atoms with Crippen molar-refractivity contribution < 1.29 is 18.3 Å². The molecule has 18 heavy (non-hydrogen) atoms. The van der Waals surface area contributed by atoms with Crippen molar-refractivity contribution >= 4 is 5.97 Å². The molecule has 0 aliphatic heterocycles. The van der Waals surface area contributed by atoms with Crippen LogP contribution in [-0.2, 0) is 4.74 Å². The first-order valence-corrected chi connectivity index (χ1v) is 5.35. The molecule has 0 amide bonds. The Bertz CT molecular complexity index is 508. The first-order valence-electron chi connectivity index (χ1n) is 5.35. The van der Waals surface area contributed by atoms with Gasteiger partial charge in [0.1, 0.15) is 17.2 Å². The maximum atomic E-state index is 13.6. The normalized spacial score (nSPS) is 10.6. The Morgan fingerprint density at radius 2 is 1.72 bits per heavy atom. The molecule has 0 aliphatic rings. The molecule has 0 aromatic heterocycles. The van der Waals surface area contributed by atoms with E-state index in [0.29, 0.717) is 0 Å². The highest BCUT2D eigenvalue weighted by atomic mass is 19.1. The van der Waals surface area contributed by atoms with Crippen molar-refractivity contribution in [2.75, 3.05) is 7.11 Å². The molecule has 0 fully saturated rings. The molecule has 0 aliphatic carbocycles. The van der Waals surface area contributed by atoms with Crippen molar-refractivity contribution in [2.45, 2.75) is 20.8 Å². The number of benzene rings is 1. The number of halogens is 2. The molecule has 4 heteroatoms. The Balaban J connectivity index is 3.22. The molecule has 0 atom stereocenters. The van der Waals surface area contributed by atoms with E-state index in [1.807, 2.05) is 20.8 Å². The van der Waals surface area contributed by atoms with E-state index in [2.05, 4.69) is 16.6 Å². The van der Waals surface area contributed by atoms with Crippen LogP contribution in [0.3, 0.4) is 0 Å². The number of methoxy groups -OCH3 is 1. The average Bonchev–Trinajstić information content (AvgIpc) is 2.24. The van der Waals surface area contributed by atoms with E-state index in [-0.39, 0.29) is 11.0 Å². The molecule has 0 heterocycles. The summed E-state index contributed by atoms with van der Waals surface area (Å²) < 4.78 is 31.4. The summed E-state index contributed by atoms with van der Waals surface area (Å²) in [6, 6.07) is 2.04. The Morgan fingerprint density at radius 3 is 2.11 bits per heavy atom. The van der Waals surface area contributed by atoms with Crippen LogP contribution in [0.1, 0.15) is 36.7 Å². The summed E-state index contributed by atoms with van der Waals surface area (Å²) in [5, 5.41) is 0. The molecular weight excluding hydrogens is 238 g/mol. The summed E-state index contributed by atoms with van der Waals surface area (Å²) in [5.41, 5.74) is -0.778. The fraction of sp³-hybridized carbons (Fsp3) is 0.357. The third-order valence-electron chi connectivity index (χ3n) is 2.01. The van der Waals surface area contributed by atoms with Crippen LogP contribution in [0.5, 0.6) is 0 Å². The summed E-state index contributed by atoms with van der Waals surface area (Å²) in [4.78, 5) is 11.1. The second-order valence-corrected chi connectivity index (χ2v) is 4.81. The van der Waals surface area contributed by atoms with Gasteiger partial charge in [-0.15, -0.1) is 0 Å². The Kier molecular flexibility index (Phi) is 4.07. The van der Waals surface area contributed by atoms with E-state index in [0.717, 1.165) is 19.2 Å².